The normalized spacial score (nSPS) is 16.2. The minimum Gasteiger partial charge on any atom is -0.493 e. The molecule has 2 N–H and O–H groups in total. The average molecular weight is 554 g/mol. The van der Waals surface area contributed by atoms with E-state index in [-0.39, 0.29) is 5.82 Å². The fourth-order valence-electron chi connectivity index (χ4n) is 4.59. The van der Waals surface area contributed by atoms with Gasteiger partial charge in [-0.05, 0) is 35.9 Å². The summed E-state index contributed by atoms with van der Waals surface area (Å²) in [6.45, 7) is 2.38. The zero-order chi connectivity index (χ0) is 27.4. The van der Waals surface area contributed by atoms with Crippen LogP contribution in [-0.2, 0) is 11.3 Å². The van der Waals surface area contributed by atoms with Crippen LogP contribution in [0.3, 0.4) is 0 Å². The van der Waals surface area contributed by atoms with Crippen molar-refractivity contribution in [3.8, 4) is 33.9 Å². The van der Waals surface area contributed by atoms with E-state index in [0.717, 1.165) is 11.1 Å². The van der Waals surface area contributed by atoms with Crippen molar-refractivity contribution >= 4 is 21.6 Å². The van der Waals surface area contributed by atoms with E-state index >= 15 is 4.39 Å². The summed E-state index contributed by atoms with van der Waals surface area (Å²) in [6, 6.07) is 16.5. The molecule has 5 rings (SSSR count). The Morgan fingerprint density at radius 3 is 2.49 bits per heavy atom. The molecule has 0 amide bonds. The first-order valence-electron chi connectivity index (χ1n) is 12.7. The molecule has 1 saturated heterocycles. The summed E-state index contributed by atoms with van der Waals surface area (Å²) in [4.78, 5) is 11.6. The Hall–Kier alpha value is -3.28. The summed E-state index contributed by atoms with van der Waals surface area (Å²) >= 11 is 0. The van der Waals surface area contributed by atoms with Crippen LogP contribution in [0.2, 0.25) is 0 Å². The van der Waals surface area contributed by atoms with Gasteiger partial charge in [-0.1, -0.05) is 24.3 Å². The van der Waals surface area contributed by atoms with Crippen LogP contribution < -0.4 is 9.47 Å². The number of hydrogen-bond acceptors (Lipinski definition) is 8. The van der Waals surface area contributed by atoms with E-state index in [9.17, 15) is 9.11 Å². The molecule has 0 radical (unpaired) electrons. The van der Waals surface area contributed by atoms with Gasteiger partial charge in [-0.2, -0.15) is 10.6 Å². The van der Waals surface area contributed by atoms with Crippen molar-refractivity contribution in [2.24, 2.45) is 0 Å². The van der Waals surface area contributed by atoms with Crippen LogP contribution in [0.15, 0.2) is 60.8 Å². The number of hydrogen-bond donors (Lipinski definition) is 2. The van der Waals surface area contributed by atoms with Gasteiger partial charge in [0.2, 0.25) is 0 Å². The van der Waals surface area contributed by atoms with Crippen LogP contribution in [0.4, 0.5) is 4.39 Å². The molecule has 10 heteroatoms. The molecule has 1 aliphatic heterocycles. The molecule has 2 heterocycles. The molecule has 0 unspecified atom stereocenters. The zero-order valence-electron chi connectivity index (χ0n) is 22.0. The highest BCUT2D eigenvalue weighted by molar-refractivity contribution is 8.24. The molecule has 3 aromatic carbocycles. The maximum Gasteiger partial charge on any atom is 0.161 e. The lowest BCUT2D eigenvalue weighted by Gasteiger charge is -2.41. The first kappa shape index (κ1) is 27.3. The largest absolute Gasteiger partial charge is 0.493 e. The van der Waals surface area contributed by atoms with Crippen LogP contribution in [0.5, 0.6) is 11.5 Å². The molecule has 1 aromatic heterocycles. The van der Waals surface area contributed by atoms with Gasteiger partial charge in [0.1, 0.15) is 12.4 Å². The van der Waals surface area contributed by atoms with E-state index in [4.69, 9.17) is 19.2 Å². The number of halogens is 1. The second-order valence-corrected chi connectivity index (χ2v) is 11.8. The summed E-state index contributed by atoms with van der Waals surface area (Å²) in [6.07, 6.45) is 1.71. The number of rotatable bonds is 9. The van der Waals surface area contributed by atoms with Crippen molar-refractivity contribution in [3.63, 3.8) is 0 Å². The van der Waals surface area contributed by atoms with Gasteiger partial charge in [0, 0.05) is 43.4 Å². The minimum atomic E-state index is -2.48. The first-order valence-corrected chi connectivity index (χ1v) is 14.6. The fraction of sp³-hybridized carbons (Fsp3) is 0.310. The average Bonchev–Trinajstić information content (AvgIpc) is 2.94. The number of aromatic nitrogens is 2. The van der Waals surface area contributed by atoms with Crippen molar-refractivity contribution in [1.82, 2.24) is 14.9 Å². The van der Waals surface area contributed by atoms with Gasteiger partial charge in [0.15, 0.2) is 11.5 Å². The van der Waals surface area contributed by atoms with E-state index < -0.39 is 10.6 Å². The SMILES string of the molecule is COCCOc1ccc(-c2cnc3cccc(-c4ccc(CN5CCS(O)(O)CC5)c(F)c4)c3n2)cc1OC. The van der Waals surface area contributed by atoms with Crippen molar-refractivity contribution < 1.29 is 27.7 Å². The van der Waals surface area contributed by atoms with Crippen molar-refractivity contribution in [2.75, 3.05) is 52.0 Å². The van der Waals surface area contributed by atoms with Crippen molar-refractivity contribution in [1.29, 1.82) is 0 Å². The molecule has 8 nitrogen and oxygen atoms in total. The molecular weight excluding hydrogens is 521 g/mol. The predicted octanol–water partition coefficient (Wildman–Crippen LogP) is 5.70. The Morgan fingerprint density at radius 1 is 0.949 bits per heavy atom. The molecule has 0 aliphatic carbocycles. The summed E-state index contributed by atoms with van der Waals surface area (Å²) in [5, 5.41) is 0. The number of fused-ring (bicyclic) bond motifs is 1. The maximum atomic E-state index is 15.2. The van der Waals surface area contributed by atoms with E-state index in [2.05, 4.69) is 4.98 Å². The molecule has 0 bridgehead atoms. The predicted molar refractivity (Wildman–Crippen MR) is 152 cm³/mol. The highest BCUT2D eigenvalue weighted by atomic mass is 32.3. The number of benzene rings is 3. The van der Waals surface area contributed by atoms with Gasteiger partial charge in [-0.3, -0.25) is 19.0 Å². The summed E-state index contributed by atoms with van der Waals surface area (Å²) in [5.74, 6) is 1.55. The van der Waals surface area contributed by atoms with Gasteiger partial charge in [-0.25, -0.2) is 9.37 Å². The first-order chi connectivity index (χ1) is 18.9. The van der Waals surface area contributed by atoms with Gasteiger partial charge in [0.05, 0.1) is 48.1 Å². The number of para-hydroxylation sites is 1. The molecule has 4 aromatic rings. The molecule has 0 spiro atoms. The van der Waals surface area contributed by atoms with Crippen LogP contribution in [0.25, 0.3) is 33.4 Å². The Balaban J connectivity index is 1.42. The van der Waals surface area contributed by atoms with Gasteiger partial charge in [-0.15, -0.1) is 0 Å². The third-order valence-electron chi connectivity index (χ3n) is 6.80. The highest BCUT2D eigenvalue weighted by Crippen LogP contribution is 2.40. The second kappa shape index (κ2) is 11.8. The number of methoxy groups -OCH3 is 2. The van der Waals surface area contributed by atoms with E-state index in [1.807, 2.05) is 47.4 Å². The van der Waals surface area contributed by atoms with Gasteiger partial charge in [0.25, 0.3) is 0 Å². The van der Waals surface area contributed by atoms with Crippen LogP contribution in [-0.4, -0.2) is 76.0 Å². The summed E-state index contributed by atoms with van der Waals surface area (Å²) < 4.78 is 51.2. The molecule has 206 valence electrons. The summed E-state index contributed by atoms with van der Waals surface area (Å²) in [7, 11) is 0.724. The van der Waals surface area contributed by atoms with Crippen molar-refractivity contribution in [3.05, 3.63) is 72.2 Å². The fourth-order valence-corrected chi connectivity index (χ4v) is 5.90. The molecule has 0 atom stereocenters. The topological polar surface area (TPSA) is 97.2 Å². The Kier molecular flexibility index (Phi) is 8.29. The second-order valence-electron chi connectivity index (χ2n) is 9.43. The van der Waals surface area contributed by atoms with E-state index in [1.54, 1.807) is 26.5 Å². The lowest BCUT2D eigenvalue weighted by atomic mass is 10.0. The third kappa shape index (κ3) is 6.32. The third-order valence-corrected chi connectivity index (χ3v) is 8.48. The van der Waals surface area contributed by atoms with Crippen molar-refractivity contribution in [2.45, 2.75) is 6.54 Å². The molecule has 39 heavy (non-hydrogen) atoms. The Labute approximate surface area is 228 Å². The lowest BCUT2D eigenvalue weighted by Crippen LogP contribution is -2.37. The Bertz CT molecular complexity index is 1460. The smallest absolute Gasteiger partial charge is 0.161 e. The van der Waals surface area contributed by atoms with Crippen LogP contribution >= 0.6 is 10.6 Å². The quantitative estimate of drug-likeness (QED) is 0.255. The standard InChI is InChI=1S/C29H32FN3O5S/c1-36-12-13-38-27-9-8-21(17-28(27)37-2)26-18-31-25-5-3-4-23(29(25)32-26)20-6-7-22(24(30)16-20)19-33-10-14-39(34,35)15-11-33/h3-9,16-18,34-35H,10-15,19H2,1-2H3. The van der Waals surface area contributed by atoms with Gasteiger partial charge < -0.3 is 14.2 Å². The number of ether oxygens (including phenoxy) is 3. The molecule has 0 saturated carbocycles. The zero-order valence-corrected chi connectivity index (χ0v) is 22.8. The van der Waals surface area contributed by atoms with E-state index in [0.29, 0.717) is 83.7 Å². The lowest BCUT2D eigenvalue weighted by molar-refractivity contribution is 0.144. The Morgan fingerprint density at radius 2 is 1.74 bits per heavy atom. The van der Waals surface area contributed by atoms with E-state index in [1.165, 1.54) is 6.07 Å². The molecule has 1 aliphatic rings. The molecule has 1 fully saturated rings. The maximum absolute atomic E-state index is 15.2. The van der Waals surface area contributed by atoms with Crippen LogP contribution in [0, 0.1) is 5.82 Å². The minimum absolute atomic E-state index is 0.306. The summed E-state index contributed by atoms with van der Waals surface area (Å²) in [5.41, 5.74) is 4.91. The highest BCUT2D eigenvalue weighted by Gasteiger charge is 2.23. The number of nitrogens with zero attached hydrogens (tertiary/aromatic N) is 3. The monoisotopic (exact) mass is 553 g/mol. The van der Waals surface area contributed by atoms with Crippen LogP contribution in [0.1, 0.15) is 5.56 Å². The molecular formula is C29H32FN3O5S. The van der Waals surface area contributed by atoms with Gasteiger partial charge >= 0.3 is 0 Å².